The van der Waals surface area contributed by atoms with Gasteiger partial charge in [-0.05, 0) is 19.0 Å². The van der Waals surface area contributed by atoms with E-state index in [4.69, 9.17) is 4.74 Å². The smallest absolute Gasteiger partial charge is 0.146 e. The number of nitrogens with one attached hydrogen (secondary N) is 1. The molecule has 0 bridgehead atoms. The Morgan fingerprint density at radius 3 is 2.74 bits per heavy atom. The minimum absolute atomic E-state index is 0.0977. The summed E-state index contributed by atoms with van der Waals surface area (Å²) in [5.41, 5.74) is 1.21. The standard InChI is InChI=1S/C14H20N4O/c1-18(9-6-10-19-2)13(14-15-11-16-17-14)12-7-4-3-5-8-12/h3-5,7-8,11,13H,6,9-10H2,1-2H3,(H,15,16,17)/t13-/m0/s1. The number of aromatic nitrogens is 3. The Bertz CT molecular complexity index is 458. The van der Waals surface area contributed by atoms with Crippen molar-refractivity contribution in [3.63, 3.8) is 0 Å². The molecule has 5 heteroatoms. The van der Waals surface area contributed by atoms with Crippen LogP contribution in [0.2, 0.25) is 0 Å². The van der Waals surface area contributed by atoms with Crippen molar-refractivity contribution in [2.24, 2.45) is 0 Å². The molecule has 0 aliphatic carbocycles. The third-order valence-electron chi connectivity index (χ3n) is 3.11. The topological polar surface area (TPSA) is 54.0 Å². The number of benzene rings is 1. The molecule has 0 fully saturated rings. The predicted octanol–water partition coefficient (Wildman–Crippen LogP) is 1.86. The van der Waals surface area contributed by atoms with Crippen LogP contribution in [0.1, 0.15) is 23.9 Å². The average molecular weight is 260 g/mol. The van der Waals surface area contributed by atoms with Crippen molar-refractivity contribution < 1.29 is 4.74 Å². The number of aromatic amines is 1. The summed E-state index contributed by atoms with van der Waals surface area (Å²) in [6.07, 6.45) is 2.54. The minimum Gasteiger partial charge on any atom is -0.385 e. The number of ether oxygens (including phenoxy) is 1. The summed E-state index contributed by atoms with van der Waals surface area (Å²) >= 11 is 0. The first-order valence-corrected chi connectivity index (χ1v) is 6.42. The lowest BCUT2D eigenvalue weighted by Gasteiger charge is -2.26. The van der Waals surface area contributed by atoms with Gasteiger partial charge in [-0.25, -0.2) is 4.98 Å². The van der Waals surface area contributed by atoms with Crippen LogP contribution in [0.25, 0.3) is 0 Å². The molecule has 19 heavy (non-hydrogen) atoms. The Morgan fingerprint density at radius 1 is 1.32 bits per heavy atom. The molecule has 0 aliphatic heterocycles. The van der Waals surface area contributed by atoms with Gasteiger partial charge in [0.1, 0.15) is 12.2 Å². The Kier molecular flexibility index (Phi) is 5.06. The number of methoxy groups -OCH3 is 1. The second-order valence-corrected chi connectivity index (χ2v) is 4.51. The molecule has 1 aromatic heterocycles. The molecule has 1 N–H and O–H groups in total. The lowest BCUT2D eigenvalue weighted by atomic mass is 10.0. The van der Waals surface area contributed by atoms with Gasteiger partial charge in [-0.1, -0.05) is 30.3 Å². The first-order valence-electron chi connectivity index (χ1n) is 6.42. The molecule has 1 heterocycles. The van der Waals surface area contributed by atoms with E-state index in [1.807, 2.05) is 18.2 Å². The highest BCUT2D eigenvalue weighted by molar-refractivity contribution is 5.24. The molecule has 0 radical (unpaired) electrons. The number of hydrogen-bond donors (Lipinski definition) is 1. The van der Waals surface area contributed by atoms with Crippen LogP contribution in [0.15, 0.2) is 36.7 Å². The van der Waals surface area contributed by atoms with Gasteiger partial charge in [-0.15, -0.1) is 0 Å². The van der Waals surface area contributed by atoms with Gasteiger partial charge in [0.15, 0.2) is 0 Å². The van der Waals surface area contributed by atoms with Gasteiger partial charge >= 0.3 is 0 Å². The van der Waals surface area contributed by atoms with Crippen molar-refractivity contribution in [3.05, 3.63) is 48.0 Å². The molecule has 0 saturated carbocycles. The van der Waals surface area contributed by atoms with E-state index in [9.17, 15) is 0 Å². The third kappa shape index (κ3) is 3.62. The first kappa shape index (κ1) is 13.7. The molecule has 0 amide bonds. The fourth-order valence-electron chi connectivity index (χ4n) is 2.19. The van der Waals surface area contributed by atoms with E-state index >= 15 is 0 Å². The zero-order valence-corrected chi connectivity index (χ0v) is 11.4. The lowest BCUT2D eigenvalue weighted by molar-refractivity contribution is 0.170. The normalized spacial score (nSPS) is 12.8. The van der Waals surface area contributed by atoms with Crippen LogP contribution in [-0.4, -0.2) is 47.4 Å². The second-order valence-electron chi connectivity index (χ2n) is 4.51. The molecule has 0 saturated heterocycles. The fraction of sp³-hybridized carbons (Fsp3) is 0.429. The highest BCUT2D eigenvalue weighted by Crippen LogP contribution is 2.24. The van der Waals surface area contributed by atoms with E-state index < -0.39 is 0 Å². The van der Waals surface area contributed by atoms with Gasteiger partial charge in [0.05, 0.1) is 6.04 Å². The molecule has 0 aliphatic rings. The Hall–Kier alpha value is -1.72. The number of H-pyrrole nitrogens is 1. The van der Waals surface area contributed by atoms with Gasteiger partial charge in [0, 0.05) is 20.3 Å². The molecular weight excluding hydrogens is 240 g/mol. The largest absolute Gasteiger partial charge is 0.385 e. The molecule has 5 nitrogen and oxygen atoms in total. The number of rotatable bonds is 7. The monoisotopic (exact) mass is 260 g/mol. The van der Waals surface area contributed by atoms with E-state index in [2.05, 4.69) is 39.3 Å². The number of nitrogens with zero attached hydrogens (tertiary/aromatic N) is 3. The van der Waals surface area contributed by atoms with Crippen LogP contribution in [0.3, 0.4) is 0 Å². The van der Waals surface area contributed by atoms with E-state index in [1.54, 1.807) is 13.4 Å². The summed E-state index contributed by atoms with van der Waals surface area (Å²) < 4.78 is 5.11. The van der Waals surface area contributed by atoms with Crippen LogP contribution in [0, 0.1) is 0 Å². The van der Waals surface area contributed by atoms with Crippen LogP contribution in [0.5, 0.6) is 0 Å². The maximum absolute atomic E-state index is 5.11. The van der Waals surface area contributed by atoms with Crippen molar-refractivity contribution in [3.8, 4) is 0 Å². The van der Waals surface area contributed by atoms with Crippen LogP contribution in [0.4, 0.5) is 0 Å². The quantitative estimate of drug-likeness (QED) is 0.772. The molecule has 1 atom stereocenters. The molecule has 2 aromatic rings. The Labute approximate surface area is 113 Å². The van der Waals surface area contributed by atoms with Crippen molar-refractivity contribution in [2.45, 2.75) is 12.5 Å². The Morgan fingerprint density at radius 2 is 2.11 bits per heavy atom. The summed E-state index contributed by atoms with van der Waals surface area (Å²) in [7, 11) is 3.82. The molecular formula is C14H20N4O. The lowest BCUT2D eigenvalue weighted by Crippen LogP contribution is -2.28. The van der Waals surface area contributed by atoms with E-state index in [0.29, 0.717) is 0 Å². The predicted molar refractivity (Wildman–Crippen MR) is 73.8 cm³/mol. The summed E-state index contributed by atoms with van der Waals surface area (Å²) in [4.78, 5) is 6.56. The van der Waals surface area contributed by atoms with Gasteiger partial charge in [-0.2, -0.15) is 5.10 Å². The third-order valence-corrected chi connectivity index (χ3v) is 3.11. The highest BCUT2D eigenvalue weighted by atomic mass is 16.5. The van der Waals surface area contributed by atoms with Gasteiger partial charge in [-0.3, -0.25) is 10.00 Å². The highest BCUT2D eigenvalue weighted by Gasteiger charge is 2.21. The van der Waals surface area contributed by atoms with Gasteiger partial charge < -0.3 is 4.74 Å². The summed E-state index contributed by atoms with van der Waals surface area (Å²) in [6, 6.07) is 10.4. The molecule has 1 aromatic carbocycles. The van der Waals surface area contributed by atoms with Crippen molar-refractivity contribution in [1.29, 1.82) is 0 Å². The molecule has 0 spiro atoms. The molecule has 0 unspecified atom stereocenters. The van der Waals surface area contributed by atoms with Gasteiger partial charge in [0.25, 0.3) is 0 Å². The van der Waals surface area contributed by atoms with Crippen molar-refractivity contribution in [1.82, 2.24) is 20.1 Å². The Balaban J connectivity index is 2.16. The fourth-order valence-corrected chi connectivity index (χ4v) is 2.19. The first-order chi connectivity index (χ1) is 9.33. The van der Waals surface area contributed by atoms with Gasteiger partial charge in [0.2, 0.25) is 0 Å². The zero-order chi connectivity index (χ0) is 13.5. The summed E-state index contributed by atoms with van der Waals surface area (Å²) in [6.45, 7) is 1.70. The zero-order valence-electron chi connectivity index (χ0n) is 11.4. The van der Waals surface area contributed by atoms with Crippen LogP contribution in [-0.2, 0) is 4.74 Å². The molecule has 102 valence electrons. The number of hydrogen-bond acceptors (Lipinski definition) is 4. The molecule has 2 rings (SSSR count). The maximum atomic E-state index is 5.11. The second kappa shape index (κ2) is 7.01. The van der Waals surface area contributed by atoms with E-state index in [0.717, 1.165) is 25.4 Å². The minimum atomic E-state index is 0.0977. The SMILES string of the molecule is COCCCN(C)[C@@H](c1ccccc1)c1ncn[nH]1. The van der Waals surface area contributed by atoms with Crippen LogP contribution >= 0.6 is 0 Å². The van der Waals surface area contributed by atoms with Crippen molar-refractivity contribution >= 4 is 0 Å². The van der Waals surface area contributed by atoms with Crippen LogP contribution < -0.4 is 0 Å². The van der Waals surface area contributed by atoms with E-state index in [1.165, 1.54) is 5.56 Å². The summed E-state index contributed by atoms with van der Waals surface area (Å²) in [5, 5.41) is 6.93. The maximum Gasteiger partial charge on any atom is 0.146 e. The van der Waals surface area contributed by atoms with E-state index in [-0.39, 0.29) is 6.04 Å². The van der Waals surface area contributed by atoms with Crippen molar-refractivity contribution in [2.75, 3.05) is 27.3 Å². The summed E-state index contributed by atoms with van der Waals surface area (Å²) in [5.74, 6) is 0.867. The average Bonchev–Trinajstić information content (AvgIpc) is 2.94.